The quantitative estimate of drug-likeness (QED) is 0.241. The number of carbonyl (C=O) groups is 2. The van der Waals surface area contributed by atoms with Gasteiger partial charge in [-0.3, -0.25) is 4.79 Å². The number of hydrogen-bond donors (Lipinski definition) is 0. The number of hydrogen-bond acceptors (Lipinski definition) is 6. The lowest BCUT2D eigenvalue weighted by atomic mass is 10.1. The zero-order valence-electron chi connectivity index (χ0n) is 18.3. The molecule has 0 saturated heterocycles. The van der Waals surface area contributed by atoms with Gasteiger partial charge in [0.25, 0.3) is 0 Å². The average Bonchev–Trinajstić information content (AvgIpc) is 2.79. The molecule has 0 aliphatic carbocycles. The van der Waals surface area contributed by atoms with E-state index >= 15 is 0 Å². The summed E-state index contributed by atoms with van der Waals surface area (Å²) in [5.41, 5.74) is 0.507. The van der Waals surface area contributed by atoms with Gasteiger partial charge in [-0.15, -0.1) is 0 Å². The van der Waals surface area contributed by atoms with E-state index in [-0.39, 0.29) is 35.4 Å². The Hall–Kier alpha value is -1.44. The lowest BCUT2D eigenvalue weighted by Gasteiger charge is -2.39. The second-order valence-corrected chi connectivity index (χ2v) is 12.1. The molecule has 0 aromatic carbocycles. The molecular formula is C21H36O6Si. The summed E-state index contributed by atoms with van der Waals surface area (Å²) in [6.07, 6.45) is 9.13. The smallest absolute Gasteiger partial charge is 0.344 e. The fourth-order valence-electron chi connectivity index (χ4n) is 3.45. The Morgan fingerprint density at radius 1 is 1.11 bits per heavy atom. The summed E-state index contributed by atoms with van der Waals surface area (Å²) in [6, 6.07) is 0. The highest BCUT2D eigenvalue weighted by molar-refractivity contribution is 6.70. The lowest BCUT2D eigenvalue weighted by Crippen LogP contribution is -2.51. The van der Waals surface area contributed by atoms with Crippen molar-refractivity contribution in [1.29, 1.82) is 0 Å². The zero-order chi connectivity index (χ0) is 21.3. The molecule has 1 aliphatic heterocycles. The third kappa shape index (κ3) is 7.52. The topological polar surface area (TPSA) is 71.1 Å². The van der Waals surface area contributed by atoms with E-state index in [9.17, 15) is 9.59 Å². The molecule has 0 saturated carbocycles. The fraction of sp³-hybridized carbons (Fsp3) is 0.714. The highest BCUT2D eigenvalue weighted by atomic mass is 28.4. The molecule has 0 N–H and O–H groups in total. The van der Waals surface area contributed by atoms with Crippen LogP contribution in [0, 0.1) is 0 Å². The van der Waals surface area contributed by atoms with E-state index in [1.165, 1.54) is 20.1 Å². The van der Waals surface area contributed by atoms with E-state index in [1.54, 1.807) is 6.08 Å². The van der Waals surface area contributed by atoms with Crippen LogP contribution in [0.5, 0.6) is 0 Å². The van der Waals surface area contributed by atoms with Crippen LogP contribution in [0.2, 0.25) is 11.1 Å². The van der Waals surface area contributed by atoms with Crippen LogP contribution in [0.25, 0.3) is 0 Å². The van der Waals surface area contributed by atoms with Crippen LogP contribution >= 0.6 is 0 Å². The largest absolute Gasteiger partial charge is 0.466 e. The Bertz CT molecular complexity index is 561. The monoisotopic (exact) mass is 412 g/mol. The normalized spacial score (nSPS) is 23.0. The van der Waals surface area contributed by atoms with Crippen molar-refractivity contribution in [2.24, 2.45) is 0 Å². The van der Waals surface area contributed by atoms with E-state index in [0.717, 1.165) is 19.3 Å². The summed E-state index contributed by atoms with van der Waals surface area (Å²) in [5, 5.41) is 0. The highest BCUT2D eigenvalue weighted by Gasteiger charge is 2.48. The van der Waals surface area contributed by atoms with Crippen LogP contribution in [-0.4, -0.2) is 45.9 Å². The van der Waals surface area contributed by atoms with Crippen molar-refractivity contribution >= 4 is 20.5 Å². The molecule has 0 bridgehead atoms. The Morgan fingerprint density at radius 2 is 1.75 bits per heavy atom. The van der Waals surface area contributed by atoms with Crippen LogP contribution in [0.3, 0.4) is 0 Å². The van der Waals surface area contributed by atoms with Gasteiger partial charge in [0, 0.05) is 13.0 Å². The van der Waals surface area contributed by atoms with Crippen LogP contribution in [0.15, 0.2) is 24.3 Å². The first-order valence-corrected chi connectivity index (χ1v) is 12.0. The van der Waals surface area contributed by atoms with Crippen molar-refractivity contribution in [2.75, 3.05) is 7.11 Å². The third-order valence-electron chi connectivity index (χ3n) is 4.87. The second-order valence-electron chi connectivity index (χ2n) is 7.89. The molecule has 0 radical (unpaired) electrons. The molecule has 1 heterocycles. The van der Waals surface area contributed by atoms with E-state index in [2.05, 4.69) is 32.4 Å². The van der Waals surface area contributed by atoms with Gasteiger partial charge >= 0.3 is 20.5 Å². The second kappa shape index (κ2) is 11.5. The molecule has 0 unspecified atom stereocenters. The minimum absolute atomic E-state index is 0.0579. The van der Waals surface area contributed by atoms with Crippen LogP contribution in [0.4, 0.5) is 0 Å². The predicted molar refractivity (Wildman–Crippen MR) is 111 cm³/mol. The summed E-state index contributed by atoms with van der Waals surface area (Å²) in [4.78, 5) is 22.5. The van der Waals surface area contributed by atoms with Crippen molar-refractivity contribution in [1.82, 2.24) is 0 Å². The Labute approximate surface area is 170 Å². The molecule has 0 spiro atoms. The molecule has 0 amide bonds. The maximum absolute atomic E-state index is 11.5. The van der Waals surface area contributed by atoms with Gasteiger partial charge in [0.05, 0.1) is 25.4 Å². The molecule has 7 heteroatoms. The minimum Gasteiger partial charge on any atom is -0.466 e. The average molecular weight is 413 g/mol. The molecule has 0 aromatic heterocycles. The molecule has 28 heavy (non-hydrogen) atoms. The molecule has 0 aromatic rings. The van der Waals surface area contributed by atoms with Crippen LogP contribution < -0.4 is 0 Å². The number of ether oxygens (including phenoxy) is 2. The van der Waals surface area contributed by atoms with Gasteiger partial charge < -0.3 is 18.3 Å². The van der Waals surface area contributed by atoms with E-state index in [0.29, 0.717) is 0 Å². The van der Waals surface area contributed by atoms with Gasteiger partial charge in [0.2, 0.25) is 0 Å². The van der Waals surface area contributed by atoms with Gasteiger partial charge in [-0.05, 0) is 43.3 Å². The van der Waals surface area contributed by atoms with Gasteiger partial charge in [-0.25, -0.2) is 4.79 Å². The number of esters is 2. The first-order chi connectivity index (χ1) is 13.1. The van der Waals surface area contributed by atoms with Gasteiger partial charge in [-0.1, -0.05) is 39.8 Å². The first kappa shape index (κ1) is 24.6. The molecule has 1 rings (SSSR count). The summed E-state index contributed by atoms with van der Waals surface area (Å²) in [7, 11) is -1.20. The Morgan fingerprint density at radius 3 is 2.29 bits per heavy atom. The van der Waals surface area contributed by atoms with Crippen molar-refractivity contribution in [3.05, 3.63) is 24.3 Å². The molecule has 160 valence electrons. The SMILES string of the molecule is COC(=O)/C=C/[C@@H]1C=C[C@@H](CCC[C@H](C)OC(C)=O)O[Si](C(C)C)(C(C)C)O1. The highest BCUT2D eigenvalue weighted by Crippen LogP contribution is 2.39. The summed E-state index contributed by atoms with van der Waals surface area (Å²) in [6.45, 7) is 11.9. The summed E-state index contributed by atoms with van der Waals surface area (Å²) < 4.78 is 23.0. The van der Waals surface area contributed by atoms with E-state index in [1.807, 2.05) is 19.1 Å². The van der Waals surface area contributed by atoms with Crippen molar-refractivity contribution in [3.63, 3.8) is 0 Å². The molecule has 6 nitrogen and oxygen atoms in total. The first-order valence-electron chi connectivity index (χ1n) is 10.1. The van der Waals surface area contributed by atoms with Crippen LogP contribution in [0.1, 0.15) is 60.8 Å². The maximum atomic E-state index is 11.5. The maximum Gasteiger partial charge on any atom is 0.344 e. The molecule has 3 atom stereocenters. The van der Waals surface area contributed by atoms with Crippen LogP contribution in [-0.2, 0) is 27.9 Å². The van der Waals surface area contributed by atoms with E-state index < -0.39 is 14.5 Å². The molecule has 0 fully saturated rings. The minimum atomic E-state index is -2.55. The van der Waals surface area contributed by atoms with E-state index in [4.69, 9.17) is 13.6 Å². The number of methoxy groups -OCH3 is 1. The predicted octanol–water partition coefficient (Wildman–Crippen LogP) is 4.44. The van der Waals surface area contributed by atoms with Crippen molar-refractivity contribution in [3.8, 4) is 0 Å². The standard InChI is InChI=1S/C21H36O6Si/c1-15(2)28(16(3)4)26-19(10-8-9-17(5)25-18(6)22)11-12-20(27-28)13-14-21(23)24-7/h11-17,19-20H,8-10H2,1-7H3/b14-13+/t17-,19+,20-/m0/s1. The summed E-state index contributed by atoms with van der Waals surface area (Å²) in [5.74, 6) is -0.655. The fourth-order valence-corrected chi connectivity index (χ4v) is 7.18. The zero-order valence-corrected chi connectivity index (χ0v) is 19.3. The van der Waals surface area contributed by atoms with Gasteiger partial charge in [0.15, 0.2) is 0 Å². The number of rotatable bonds is 9. The number of carbonyl (C=O) groups excluding carboxylic acids is 2. The van der Waals surface area contributed by atoms with Crippen molar-refractivity contribution in [2.45, 2.75) is 90.2 Å². The lowest BCUT2D eigenvalue weighted by molar-refractivity contribution is -0.145. The third-order valence-corrected chi connectivity index (χ3v) is 9.40. The molecule has 1 aliphatic rings. The molecular weight excluding hydrogens is 376 g/mol. The summed E-state index contributed by atoms with van der Waals surface area (Å²) >= 11 is 0. The Balaban J connectivity index is 2.91. The Kier molecular flexibility index (Phi) is 10.1. The van der Waals surface area contributed by atoms with Gasteiger partial charge in [0.1, 0.15) is 0 Å². The van der Waals surface area contributed by atoms with Crippen molar-refractivity contribution < 1.29 is 27.9 Å². The van der Waals surface area contributed by atoms with Gasteiger partial charge in [-0.2, -0.15) is 0 Å².